The maximum atomic E-state index is 13.7. The van der Waals surface area contributed by atoms with Crippen molar-refractivity contribution in [2.45, 2.75) is 6.92 Å². The van der Waals surface area contributed by atoms with Gasteiger partial charge in [0.25, 0.3) is 5.91 Å². The molecule has 98 valence electrons. The average molecular weight is 323 g/mol. The van der Waals surface area contributed by atoms with Gasteiger partial charge in [0.1, 0.15) is 11.5 Å². The summed E-state index contributed by atoms with van der Waals surface area (Å²) in [5, 5.41) is 0. The molecule has 3 nitrogen and oxygen atoms in total. The minimum absolute atomic E-state index is 0.264. The van der Waals surface area contributed by atoms with Crippen LogP contribution in [0.5, 0.6) is 0 Å². The smallest absolute Gasteiger partial charge is 0.276 e. The molecule has 0 N–H and O–H groups in total. The second kappa shape index (κ2) is 5.93. The number of nitrogens with zero attached hydrogens (tertiary/aromatic N) is 2. The summed E-state index contributed by atoms with van der Waals surface area (Å²) in [6, 6.07) is 9.54. The fraction of sp³-hybridized carbons (Fsp3) is 0.143. The molecule has 0 spiro atoms. The predicted molar refractivity (Wildman–Crippen MR) is 75.7 cm³/mol. The summed E-state index contributed by atoms with van der Waals surface area (Å²) >= 11 is 3.26. The third kappa shape index (κ3) is 2.98. The number of para-hydroxylation sites is 1. The number of hydrogen-bond acceptors (Lipinski definition) is 2. The Balaban J connectivity index is 2.35. The lowest BCUT2D eigenvalue weighted by atomic mass is 10.2. The van der Waals surface area contributed by atoms with E-state index in [0.29, 0.717) is 6.54 Å². The molecule has 0 unspecified atom stereocenters. The third-order valence-electron chi connectivity index (χ3n) is 2.65. The van der Waals surface area contributed by atoms with Crippen LogP contribution in [0, 0.1) is 5.82 Å². The van der Waals surface area contributed by atoms with Gasteiger partial charge < -0.3 is 4.90 Å². The lowest BCUT2D eigenvalue weighted by Gasteiger charge is -2.21. The molecule has 0 aliphatic heterocycles. The van der Waals surface area contributed by atoms with Gasteiger partial charge in [-0.1, -0.05) is 12.1 Å². The van der Waals surface area contributed by atoms with Crippen LogP contribution in [-0.2, 0) is 0 Å². The molecule has 0 bridgehead atoms. The van der Waals surface area contributed by atoms with Crippen molar-refractivity contribution in [2.24, 2.45) is 0 Å². The first-order chi connectivity index (χ1) is 9.13. The molecule has 2 aromatic rings. The second-order valence-corrected chi connectivity index (χ2v) is 4.78. The van der Waals surface area contributed by atoms with E-state index in [0.717, 1.165) is 4.47 Å². The minimum Gasteiger partial charge on any atom is -0.304 e. The average Bonchev–Trinajstić information content (AvgIpc) is 2.42. The second-order valence-electron chi connectivity index (χ2n) is 3.86. The highest BCUT2D eigenvalue weighted by Crippen LogP contribution is 2.20. The Morgan fingerprint density at radius 3 is 2.63 bits per heavy atom. The Morgan fingerprint density at radius 2 is 2.05 bits per heavy atom. The van der Waals surface area contributed by atoms with Crippen LogP contribution in [0.1, 0.15) is 17.4 Å². The van der Waals surface area contributed by atoms with Crippen LogP contribution in [-0.4, -0.2) is 17.4 Å². The minimum atomic E-state index is -0.421. The van der Waals surface area contributed by atoms with Gasteiger partial charge in [-0.25, -0.2) is 9.37 Å². The molecule has 0 aliphatic carbocycles. The number of amides is 1. The van der Waals surface area contributed by atoms with Crippen LogP contribution >= 0.6 is 15.9 Å². The lowest BCUT2D eigenvalue weighted by molar-refractivity contribution is 0.0982. The van der Waals surface area contributed by atoms with Gasteiger partial charge in [0, 0.05) is 17.2 Å². The standard InChI is InChI=1S/C14H12BrFN2O/c1-2-18(13-6-4-3-5-11(13)16)14(19)12-8-7-10(15)9-17-12/h3-9H,2H2,1H3. The maximum absolute atomic E-state index is 13.7. The van der Waals surface area contributed by atoms with Crippen LogP contribution in [0.2, 0.25) is 0 Å². The Bertz CT molecular complexity index is 586. The van der Waals surface area contributed by atoms with Crippen LogP contribution < -0.4 is 4.90 Å². The topological polar surface area (TPSA) is 33.2 Å². The maximum Gasteiger partial charge on any atom is 0.276 e. The van der Waals surface area contributed by atoms with E-state index in [4.69, 9.17) is 0 Å². The predicted octanol–water partition coefficient (Wildman–Crippen LogP) is 3.65. The Morgan fingerprint density at radius 1 is 1.32 bits per heavy atom. The fourth-order valence-electron chi connectivity index (χ4n) is 1.73. The molecule has 1 amide bonds. The number of carbonyl (C=O) groups excluding carboxylic acids is 1. The highest BCUT2D eigenvalue weighted by Gasteiger charge is 2.19. The monoisotopic (exact) mass is 322 g/mol. The van der Waals surface area contributed by atoms with Gasteiger partial charge in [0.05, 0.1) is 5.69 Å². The Labute approximate surface area is 119 Å². The van der Waals surface area contributed by atoms with E-state index in [9.17, 15) is 9.18 Å². The zero-order valence-corrected chi connectivity index (χ0v) is 11.9. The molecular formula is C14H12BrFN2O. The first-order valence-corrected chi connectivity index (χ1v) is 6.60. The van der Waals surface area contributed by atoms with Crippen LogP contribution in [0.25, 0.3) is 0 Å². The summed E-state index contributed by atoms with van der Waals surface area (Å²) in [6.07, 6.45) is 1.54. The van der Waals surface area contributed by atoms with Gasteiger partial charge in [-0.3, -0.25) is 4.79 Å². The molecule has 0 saturated carbocycles. The molecule has 2 rings (SSSR count). The summed E-state index contributed by atoms with van der Waals surface area (Å²) in [4.78, 5) is 17.7. The van der Waals surface area contributed by atoms with E-state index in [1.807, 2.05) is 0 Å². The van der Waals surface area contributed by atoms with Crippen molar-refractivity contribution in [3.05, 3.63) is 58.6 Å². The molecular weight excluding hydrogens is 311 g/mol. The normalized spacial score (nSPS) is 10.3. The van der Waals surface area contributed by atoms with E-state index in [1.165, 1.54) is 11.0 Å². The van der Waals surface area contributed by atoms with Crippen LogP contribution in [0.4, 0.5) is 10.1 Å². The van der Waals surface area contributed by atoms with Crippen molar-refractivity contribution < 1.29 is 9.18 Å². The van der Waals surface area contributed by atoms with Crippen molar-refractivity contribution in [3.63, 3.8) is 0 Å². The number of carbonyl (C=O) groups is 1. The van der Waals surface area contributed by atoms with Crippen molar-refractivity contribution in [1.82, 2.24) is 4.98 Å². The van der Waals surface area contributed by atoms with Gasteiger partial charge >= 0.3 is 0 Å². The van der Waals surface area contributed by atoms with Crippen LogP contribution in [0.15, 0.2) is 47.1 Å². The summed E-state index contributed by atoms with van der Waals surface area (Å²) in [5.74, 6) is -0.741. The summed E-state index contributed by atoms with van der Waals surface area (Å²) < 4.78 is 14.5. The summed E-state index contributed by atoms with van der Waals surface area (Å²) in [7, 11) is 0. The molecule has 5 heteroatoms. The number of halogens is 2. The Kier molecular flexibility index (Phi) is 4.27. The van der Waals surface area contributed by atoms with Gasteiger partial charge in [0.2, 0.25) is 0 Å². The number of hydrogen-bond donors (Lipinski definition) is 0. The largest absolute Gasteiger partial charge is 0.304 e. The number of rotatable bonds is 3. The van der Waals surface area contributed by atoms with Gasteiger partial charge in [-0.2, -0.15) is 0 Å². The van der Waals surface area contributed by atoms with Crippen LogP contribution in [0.3, 0.4) is 0 Å². The van der Waals surface area contributed by atoms with Crippen molar-refractivity contribution in [3.8, 4) is 0 Å². The molecule has 1 heterocycles. The van der Waals surface area contributed by atoms with Gasteiger partial charge in [0.15, 0.2) is 0 Å². The summed E-state index contributed by atoms with van der Waals surface area (Å²) in [6.45, 7) is 2.17. The van der Waals surface area contributed by atoms with Gasteiger partial charge in [-0.15, -0.1) is 0 Å². The molecule has 0 radical (unpaired) electrons. The molecule has 0 saturated heterocycles. The molecule has 1 aromatic carbocycles. The SMILES string of the molecule is CCN(C(=O)c1ccc(Br)cn1)c1ccccc1F. The highest BCUT2D eigenvalue weighted by molar-refractivity contribution is 9.10. The zero-order chi connectivity index (χ0) is 13.8. The number of aromatic nitrogens is 1. The number of anilines is 1. The molecule has 19 heavy (non-hydrogen) atoms. The molecule has 0 atom stereocenters. The van der Waals surface area contributed by atoms with Crippen molar-refractivity contribution in [1.29, 1.82) is 0 Å². The van der Waals surface area contributed by atoms with Crippen molar-refractivity contribution >= 4 is 27.5 Å². The van der Waals surface area contributed by atoms with Gasteiger partial charge in [-0.05, 0) is 47.1 Å². The molecule has 0 aliphatic rings. The van der Waals surface area contributed by atoms with E-state index in [1.54, 1.807) is 43.5 Å². The number of benzene rings is 1. The van der Waals surface area contributed by atoms with E-state index in [2.05, 4.69) is 20.9 Å². The first-order valence-electron chi connectivity index (χ1n) is 5.81. The molecule has 0 fully saturated rings. The van der Waals surface area contributed by atoms with E-state index in [-0.39, 0.29) is 17.3 Å². The Hall–Kier alpha value is -1.75. The third-order valence-corrected chi connectivity index (χ3v) is 3.12. The quantitative estimate of drug-likeness (QED) is 0.864. The van der Waals surface area contributed by atoms with E-state index < -0.39 is 5.82 Å². The number of pyridine rings is 1. The highest BCUT2D eigenvalue weighted by atomic mass is 79.9. The van der Waals surface area contributed by atoms with E-state index >= 15 is 0 Å². The van der Waals surface area contributed by atoms with Crippen molar-refractivity contribution in [2.75, 3.05) is 11.4 Å². The zero-order valence-electron chi connectivity index (χ0n) is 10.3. The lowest BCUT2D eigenvalue weighted by Crippen LogP contribution is -2.32. The summed E-state index contributed by atoms with van der Waals surface area (Å²) in [5.41, 5.74) is 0.549. The fourth-order valence-corrected chi connectivity index (χ4v) is 1.97. The first kappa shape index (κ1) is 13.7. The molecule has 1 aromatic heterocycles.